The van der Waals surface area contributed by atoms with E-state index in [9.17, 15) is 23.9 Å². The topological polar surface area (TPSA) is 98.0 Å². The average molecular weight is 579 g/mol. The van der Waals surface area contributed by atoms with E-state index < -0.39 is 28.4 Å². The molecule has 0 amide bonds. The predicted octanol–water partition coefficient (Wildman–Crippen LogP) is 7.13. The van der Waals surface area contributed by atoms with E-state index >= 15 is 0 Å². The number of Topliss-reactive ketones (excluding diaryl/α,β-unsaturated/α-hetero) is 1. The summed E-state index contributed by atoms with van der Waals surface area (Å²) in [6.45, 7) is 10.4. The van der Waals surface area contributed by atoms with Crippen LogP contribution in [0.2, 0.25) is 5.02 Å². The van der Waals surface area contributed by atoms with Crippen molar-refractivity contribution in [3.63, 3.8) is 0 Å². The van der Waals surface area contributed by atoms with E-state index in [1.807, 2.05) is 25.1 Å². The Morgan fingerprint density at radius 2 is 1.76 bits per heavy atom. The van der Waals surface area contributed by atoms with Gasteiger partial charge in [0.2, 0.25) is 5.78 Å². The minimum absolute atomic E-state index is 0.103. The molecule has 0 aliphatic rings. The quantitative estimate of drug-likeness (QED) is 0.212. The molecule has 7 nitrogen and oxygen atoms in total. The van der Waals surface area contributed by atoms with Crippen LogP contribution in [-0.2, 0) is 17.8 Å². The summed E-state index contributed by atoms with van der Waals surface area (Å²) in [5.74, 6) is -2.11. The number of aliphatic carboxylic acids is 1. The Kier molecular flexibility index (Phi) is 8.09. The van der Waals surface area contributed by atoms with Crippen molar-refractivity contribution in [1.82, 2.24) is 9.38 Å². The normalized spacial score (nSPS) is 12.0. The van der Waals surface area contributed by atoms with Crippen LogP contribution in [-0.4, -0.2) is 32.0 Å². The summed E-state index contributed by atoms with van der Waals surface area (Å²) in [4.78, 5) is 44.6. The molecule has 1 N–H and O–H groups in total. The van der Waals surface area contributed by atoms with Crippen LogP contribution in [0.1, 0.15) is 78.0 Å². The van der Waals surface area contributed by atoms with E-state index in [4.69, 9.17) is 16.3 Å². The Hall–Kier alpha value is -4.04. The highest BCUT2D eigenvalue weighted by atomic mass is 35.5. The number of carbonyl (C=O) groups excluding carboxylic acids is 2. The van der Waals surface area contributed by atoms with E-state index in [2.05, 4.69) is 4.98 Å². The van der Waals surface area contributed by atoms with Gasteiger partial charge >= 0.3 is 5.97 Å². The van der Waals surface area contributed by atoms with Crippen LogP contribution in [0.3, 0.4) is 0 Å². The molecule has 4 rings (SSSR count). The summed E-state index contributed by atoms with van der Waals surface area (Å²) in [7, 11) is 0. The number of hydrogen-bond acceptors (Lipinski definition) is 5. The summed E-state index contributed by atoms with van der Waals surface area (Å²) < 4.78 is 21.5. The maximum atomic E-state index is 14.0. The number of hydrogen-bond donors (Lipinski definition) is 1. The van der Waals surface area contributed by atoms with E-state index in [0.29, 0.717) is 16.8 Å². The maximum Gasteiger partial charge on any atom is 0.309 e. The monoisotopic (exact) mass is 578 g/mol. The van der Waals surface area contributed by atoms with Gasteiger partial charge in [-0.15, -0.1) is 0 Å². The molecule has 0 atom stereocenters. The molecule has 0 saturated carbocycles. The van der Waals surface area contributed by atoms with Crippen LogP contribution >= 0.6 is 11.6 Å². The molecule has 1 aromatic carbocycles. The van der Waals surface area contributed by atoms with Gasteiger partial charge in [-0.25, -0.2) is 4.39 Å². The lowest BCUT2D eigenvalue weighted by Crippen LogP contribution is -2.29. The van der Waals surface area contributed by atoms with E-state index in [-0.39, 0.29) is 40.7 Å². The van der Waals surface area contributed by atoms with Gasteiger partial charge in [0.25, 0.3) is 0 Å². The molecule has 41 heavy (non-hydrogen) atoms. The Bertz CT molecular complexity index is 1680. The zero-order chi connectivity index (χ0) is 30.3. The highest BCUT2D eigenvalue weighted by Crippen LogP contribution is 2.37. The van der Waals surface area contributed by atoms with Gasteiger partial charge in [-0.3, -0.25) is 19.4 Å². The fraction of sp³-hybridized carbons (Fsp3) is 0.312. The molecule has 0 bridgehead atoms. The third-order valence-corrected chi connectivity index (χ3v) is 7.14. The van der Waals surface area contributed by atoms with Crippen LogP contribution in [0.25, 0.3) is 5.52 Å². The first-order valence-electron chi connectivity index (χ1n) is 13.1. The smallest absolute Gasteiger partial charge is 0.309 e. The number of ketones is 2. The molecule has 0 unspecified atom stereocenters. The molecule has 9 heteroatoms. The molecule has 3 aromatic heterocycles. The number of ether oxygens (including phenoxy) is 1. The molecule has 0 aliphatic heterocycles. The van der Waals surface area contributed by atoms with Gasteiger partial charge in [-0.2, -0.15) is 0 Å². The lowest BCUT2D eigenvalue weighted by atomic mass is 9.79. The van der Waals surface area contributed by atoms with Crippen LogP contribution in [0.5, 0.6) is 5.75 Å². The molecule has 0 saturated heterocycles. The largest absolute Gasteiger partial charge is 0.487 e. The first-order chi connectivity index (χ1) is 19.1. The van der Waals surface area contributed by atoms with Gasteiger partial charge in [0, 0.05) is 34.5 Å². The predicted molar refractivity (Wildman–Crippen MR) is 154 cm³/mol. The lowest BCUT2D eigenvalue weighted by molar-refractivity contribution is -0.146. The molecule has 0 radical (unpaired) electrons. The van der Waals surface area contributed by atoms with E-state index in [1.54, 1.807) is 43.5 Å². The van der Waals surface area contributed by atoms with E-state index in [0.717, 1.165) is 17.5 Å². The molecule has 0 fully saturated rings. The van der Waals surface area contributed by atoms with Gasteiger partial charge in [-0.05, 0) is 69.2 Å². The average Bonchev–Trinajstić information content (AvgIpc) is 3.19. The van der Waals surface area contributed by atoms with Gasteiger partial charge in [0.1, 0.15) is 18.2 Å². The fourth-order valence-corrected chi connectivity index (χ4v) is 4.73. The third kappa shape index (κ3) is 6.17. The van der Waals surface area contributed by atoms with Crippen molar-refractivity contribution in [1.29, 1.82) is 0 Å². The number of carbonyl (C=O) groups is 3. The SMILES string of the molecule is Cc1cccc(COc2ccn3c(C(=O)c4ccc(F)c(Cl)c4)c(CC(C)(C)C(=O)O)c(C(=O)C(C)(C)C)c3c2)n1. The zero-order valence-corrected chi connectivity index (χ0v) is 24.6. The minimum Gasteiger partial charge on any atom is -0.487 e. The lowest BCUT2D eigenvalue weighted by Gasteiger charge is -2.22. The third-order valence-electron chi connectivity index (χ3n) is 6.85. The number of nitrogens with zero attached hydrogens (tertiary/aromatic N) is 2. The number of carboxylic acids is 1. The summed E-state index contributed by atoms with van der Waals surface area (Å²) in [5.41, 5.74) is 0.535. The molecule has 0 spiro atoms. The van der Waals surface area contributed by atoms with Crippen LogP contribution in [0.4, 0.5) is 4.39 Å². The number of pyridine rings is 2. The summed E-state index contributed by atoms with van der Waals surface area (Å²) in [6.07, 6.45) is 1.50. The highest BCUT2D eigenvalue weighted by molar-refractivity contribution is 6.31. The van der Waals surface area contributed by atoms with Gasteiger partial charge < -0.3 is 14.2 Å². The van der Waals surface area contributed by atoms with Gasteiger partial charge in [0.05, 0.1) is 27.3 Å². The first-order valence-corrected chi connectivity index (χ1v) is 13.5. The number of benzene rings is 1. The molecular formula is C32H32ClFN2O5. The number of aryl methyl sites for hydroxylation is 1. The standard InChI is InChI=1S/C32H32ClFN2O5/c1-18-8-7-9-20(35-18)17-41-21-12-13-36-25(15-21)26(29(38)31(2,3)4)22(16-32(5,6)30(39)40)27(36)28(37)19-10-11-24(34)23(33)14-19/h7-15H,16-17H2,1-6H3,(H,39,40). The number of fused-ring (bicyclic) bond motifs is 1. The van der Waals surface area contributed by atoms with Crippen molar-refractivity contribution in [2.45, 2.75) is 54.6 Å². The molecular weight excluding hydrogens is 547 g/mol. The van der Waals surface area contributed by atoms with Crippen LogP contribution in [0.15, 0.2) is 54.7 Å². The Morgan fingerprint density at radius 3 is 2.37 bits per heavy atom. The molecule has 4 aromatic rings. The Morgan fingerprint density at radius 1 is 1.05 bits per heavy atom. The van der Waals surface area contributed by atoms with Crippen LogP contribution in [0, 0.1) is 23.6 Å². The Labute approximate surface area is 242 Å². The van der Waals surface area contributed by atoms with Crippen molar-refractivity contribution < 1.29 is 28.6 Å². The minimum atomic E-state index is -1.32. The van der Waals surface area contributed by atoms with Crippen molar-refractivity contribution in [3.05, 3.63) is 99.3 Å². The van der Waals surface area contributed by atoms with Crippen molar-refractivity contribution >= 4 is 34.7 Å². The van der Waals surface area contributed by atoms with Gasteiger partial charge in [0.15, 0.2) is 5.78 Å². The first kappa shape index (κ1) is 29.9. The van der Waals surface area contributed by atoms with Crippen molar-refractivity contribution in [2.75, 3.05) is 0 Å². The highest BCUT2D eigenvalue weighted by Gasteiger charge is 2.37. The maximum absolute atomic E-state index is 14.0. The fourth-order valence-electron chi connectivity index (χ4n) is 4.55. The molecule has 214 valence electrons. The molecule has 0 aliphatic carbocycles. The van der Waals surface area contributed by atoms with E-state index in [1.165, 1.54) is 26.0 Å². The second-order valence-corrected chi connectivity index (χ2v) is 12.2. The number of carboxylic acid groups (broad SMARTS) is 1. The zero-order valence-electron chi connectivity index (χ0n) is 23.8. The number of halogens is 2. The van der Waals surface area contributed by atoms with Crippen molar-refractivity contribution in [3.8, 4) is 5.75 Å². The number of aromatic nitrogens is 2. The summed E-state index contributed by atoms with van der Waals surface area (Å²) >= 11 is 6.00. The number of rotatable bonds is 9. The van der Waals surface area contributed by atoms with Crippen LogP contribution < -0.4 is 4.74 Å². The Balaban J connectivity index is 1.97. The second kappa shape index (κ2) is 11.1. The van der Waals surface area contributed by atoms with Gasteiger partial charge in [-0.1, -0.05) is 38.4 Å². The molecule has 3 heterocycles. The summed E-state index contributed by atoms with van der Waals surface area (Å²) in [6, 6.07) is 12.6. The van der Waals surface area contributed by atoms with Crippen molar-refractivity contribution in [2.24, 2.45) is 10.8 Å². The summed E-state index contributed by atoms with van der Waals surface area (Å²) in [5, 5.41) is 9.73. The second-order valence-electron chi connectivity index (χ2n) is 11.8.